The first-order valence-corrected chi connectivity index (χ1v) is 5.50. The van der Waals surface area contributed by atoms with E-state index in [0.29, 0.717) is 13.0 Å². The van der Waals surface area contributed by atoms with Crippen molar-refractivity contribution in [3.63, 3.8) is 0 Å². The minimum atomic E-state index is -0.670. The molecule has 1 atom stereocenters. The van der Waals surface area contributed by atoms with Crippen LogP contribution in [-0.4, -0.2) is 30.9 Å². The van der Waals surface area contributed by atoms with Crippen LogP contribution in [0.15, 0.2) is 24.3 Å². The number of aliphatic hydroxyl groups is 1. The first-order chi connectivity index (χ1) is 8.11. The number of ether oxygens (including phenoxy) is 2. The molecule has 0 saturated carbocycles. The van der Waals surface area contributed by atoms with E-state index in [1.807, 2.05) is 24.3 Å². The van der Waals surface area contributed by atoms with E-state index in [2.05, 4.69) is 0 Å². The van der Waals surface area contributed by atoms with Gasteiger partial charge in [0.05, 0.1) is 12.7 Å². The zero-order chi connectivity index (χ0) is 12.7. The second kappa shape index (κ2) is 7.04. The summed E-state index contributed by atoms with van der Waals surface area (Å²) in [5.74, 6) is -0.378. The molecule has 1 rings (SSSR count). The van der Waals surface area contributed by atoms with Gasteiger partial charge < -0.3 is 14.6 Å². The maximum atomic E-state index is 10.6. The zero-order valence-corrected chi connectivity index (χ0v) is 10.2. The number of rotatable bonds is 6. The van der Waals surface area contributed by atoms with Crippen molar-refractivity contribution in [3.8, 4) is 0 Å². The quantitative estimate of drug-likeness (QED) is 0.759. The van der Waals surface area contributed by atoms with Gasteiger partial charge in [-0.25, -0.2) is 0 Å². The van der Waals surface area contributed by atoms with E-state index in [1.54, 1.807) is 7.11 Å². The van der Waals surface area contributed by atoms with Crippen LogP contribution >= 0.6 is 0 Å². The Balaban J connectivity index is 2.49. The molecule has 0 aromatic heterocycles. The van der Waals surface area contributed by atoms with Gasteiger partial charge in [0.2, 0.25) is 0 Å². The van der Waals surface area contributed by atoms with Gasteiger partial charge in [-0.1, -0.05) is 24.3 Å². The fourth-order valence-electron chi connectivity index (χ4n) is 1.56. The van der Waals surface area contributed by atoms with Crippen LogP contribution in [-0.2, 0) is 27.3 Å². The smallest absolute Gasteiger partial charge is 0.302 e. The van der Waals surface area contributed by atoms with E-state index in [0.717, 1.165) is 11.1 Å². The van der Waals surface area contributed by atoms with Crippen molar-refractivity contribution in [1.29, 1.82) is 0 Å². The Bertz CT molecular complexity index is 362. The first-order valence-electron chi connectivity index (χ1n) is 5.50. The minimum absolute atomic E-state index is 0.0316. The molecule has 0 aliphatic rings. The highest BCUT2D eigenvalue weighted by Crippen LogP contribution is 2.09. The third-order valence-corrected chi connectivity index (χ3v) is 2.25. The van der Waals surface area contributed by atoms with E-state index < -0.39 is 6.10 Å². The molecule has 17 heavy (non-hydrogen) atoms. The summed E-state index contributed by atoms with van der Waals surface area (Å²) in [6.07, 6.45) is -0.207. The third kappa shape index (κ3) is 5.47. The lowest BCUT2D eigenvalue weighted by Gasteiger charge is -2.11. The number of benzene rings is 1. The molecule has 0 radical (unpaired) electrons. The fraction of sp³-hybridized carbons (Fsp3) is 0.462. The highest BCUT2D eigenvalue weighted by Gasteiger charge is 2.07. The number of aliphatic hydroxyl groups excluding tert-OH is 1. The Labute approximate surface area is 101 Å². The SMILES string of the molecule is COCc1cccc(C[C@H](O)COC(C)=O)c1. The van der Waals surface area contributed by atoms with Crippen molar-refractivity contribution in [1.82, 2.24) is 0 Å². The summed E-state index contributed by atoms with van der Waals surface area (Å²) in [6.45, 7) is 1.91. The normalized spacial score (nSPS) is 12.2. The Morgan fingerprint density at radius 1 is 1.41 bits per heavy atom. The molecule has 1 aromatic carbocycles. The van der Waals surface area contributed by atoms with E-state index in [4.69, 9.17) is 9.47 Å². The lowest BCUT2D eigenvalue weighted by molar-refractivity contribution is -0.143. The van der Waals surface area contributed by atoms with Crippen LogP contribution in [0.2, 0.25) is 0 Å². The van der Waals surface area contributed by atoms with Crippen LogP contribution in [0.1, 0.15) is 18.1 Å². The topological polar surface area (TPSA) is 55.8 Å². The van der Waals surface area contributed by atoms with Gasteiger partial charge in [0.25, 0.3) is 0 Å². The van der Waals surface area contributed by atoms with Crippen LogP contribution in [0.4, 0.5) is 0 Å². The molecule has 0 unspecified atom stereocenters. The van der Waals surface area contributed by atoms with Gasteiger partial charge in [-0.05, 0) is 11.1 Å². The first kappa shape index (κ1) is 13.7. The van der Waals surface area contributed by atoms with Gasteiger partial charge in [-0.2, -0.15) is 0 Å². The molecular formula is C13H18O4. The summed E-state index contributed by atoms with van der Waals surface area (Å²) in [5.41, 5.74) is 2.06. The van der Waals surface area contributed by atoms with Crippen LogP contribution in [0.5, 0.6) is 0 Å². The number of hydrogen-bond acceptors (Lipinski definition) is 4. The largest absolute Gasteiger partial charge is 0.463 e. The minimum Gasteiger partial charge on any atom is -0.463 e. The summed E-state index contributed by atoms with van der Waals surface area (Å²) in [7, 11) is 1.64. The van der Waals surface area contributed by atoms with Crippen molar-refractivity contribution in [2.45, 2.75) is 26.1 Å². The van der Waals surface area contributed by atoms with Gasteiger partial charge >= 0.3 is 5.97 Å². The molecule has 4 nitrogen and oxygen atoms in total. The molecule has 0 aliphatic carbocycles. The molecule has 0 bridgehead atoms. The summed E-state index contributed by atoms with van der Waals surface area (Å²) in [6, 6.07) is 7.78. The van der Waals surface area contributed by atoms with Gasteiger partial charge in [0.1, 0.15) is 6.61 Å². The Morgan fingerprint density at radius 2 is 2.12 bits per heavy atom. The monoisotopic (exact) mass is 238 g/mol. The van der Waals surface area contributed by atoms with Gasteiger partial charge in [0.15, 0.2) is 0 Å². The summed E-state index contributed by atoms with van der Waals surface area (Å²) < 4.78 is 9.77. The molecular weight excluding hydrogens is 220 g/mol. The number of carbonyl (C=O) groups excluding carboxylic acids is 1. The second-order valence-corrected chi connectivity index (χ2v) is 3.91. The van der Waals surface area contributed by atoms with E-state index in [-0.39, 0.29) is 12.6 Å². The van der Waals surface area contributed by atoms with Gasteiger partial charge in [-0.15, -0.1) is 0 Å². The molecule has 1 aromatic rings. The van der Waals surface area contributed by atoms with E-state index >= 15 is 0 Å². The molecule has 0 spiro atoms. The Kier molecular flexibility index (Phi) is 5.66. The van der Waals surface area contributed by atoms with Crippen molar-refractivity contribution in [2.24, 2.45) is 0 Å². The highest BCUT2D eigenvalue weighted by molar-refractivity contribution is 5.65. The lowest BCUT2D eigenvalue weighted by atomic mass is 10.1. The van der Waals surface area contributed by atoms with E-state index in [1.165, 1.54) is 6.92 Å². The molecule has 0 aliphatic heterocycles. The molecule has 1 N–H and O–H groups in total. The van der Waals surface area contributed by atoms with Crippen LogP contribution < -0.4 is 0 Å². The molecule has 94 valence electrons. The van der Waals surface area contributed by atoms with Crippen molar-refractivity contribution in [3.05, 3.63) is 35.4 Å². The van der Waals surface area contributed by atoms with Crippen molar-refractivity contribution < 1.29 is 19.4 Å². The summed E-state index contributed by atoms with van der Waals surface area (Å²) >= 11 is 0. The van der Waals surface area contributed by atoms with Gasteiger partial charge in [-0.3, -0.25) is 4.79 Å². The molecule has 0 amide bonds. The summed E-state index contributed by atoms with van der Waals surface area (Å²) in [4.78, 5) is 10.6. The Morgan fingerprint density at radius 3 is 2.76 bits per heavy atom. The number of carbonyl (C=O) groups is 1. The fourth-order valence-corrected chi connectivity index (χ4v) is 1.56. The van der Waals surface area contributed by atoms with Crippen LogP contribution in [0.25, 0.3) is 0 Å². The maximum absolute atomic E-state index is 10.6. The number of esters is 1. The number of methoxy groups -OCH3 is 1. The zero-order valence-electron chi connectivity index (χ0n) is 10.2. The molecule has 0 saturated heterocycles. The van der Waals surface area contributed by atoms with Gasteiger partial charge in [0, 0.05) is 20.5 Å². The van der Waals surface area contributed by atoms with Crippen molar-refractivity contribution in [2.75, 3.05) is 13.7 Å². The lowest BCUT2D eigenvalue weighted by Crippen LogP contribution is -2.19. The average Bonchev–Trinajstić information content (AvgIpc) is 2.27. The van der Waals surface area contributed by atoms with Crippen LogP contribution in [0, 0.1) is 0 Å². The van der Waals surface area contributed by atoms with E-state index in [9.17, 15) is 9.90 Å². The molecule has 4 heteroatoms. The maximum Gasteiger partial charge on any atom is 0.302 e. The standard InChI is InChI=1S/C13H18O4/c1-10(14)17-9-13(15)7-11-4-3-5-12(6-11)8-16-2/h3-6,13,15H,7-9H2,1-2H3/t13-/m0/s1. The average molecular weight is 238 g/mol. The summed E-state index contributed by atoms with van der Waals surface area (Å²) in [5, 5.41) is 9.66. The van der Waals surface area contributed by atoms with Crippen LogP contribution in [0.3, 0.4) is 0 Å². The third-order valence-electron chi connectivity index (χ3n) is 2.25. The van der Waals surface area contributed by atoms with Crippen molar-refractivity contribution >= 4 is 5.97 Å². The predicted octanol–water partition coefficient (Wildman–Crippen LogP) is 1.30. The second-order valence-electron chi connectivity index (χ2n) is 3.91. The predicted molar refractivity (Wildman–Crippen MR) is 63.5 cm³/mol. The molecule has 0 fully saturated rings. The number of hydrogen-bond donors (Lipinski definition) is 1. The molecule has 0 heterocycles. The Hall–Kier alpha value is -1.39. The highest BCUT2D eigenvalue weighted by atomic mass is 16.5.